The van der Waals surface area contributed by atoms with Crippen LogP contribution in [0.25, 0.3) is 0 Å². The average molecular weight is 294 g/mol. The fraction of sp³-hybridized carbons (Fsp3) is 0.733. The van der Waals surface area contributed by atoms with Crippen LogP contribution in [0.3, 0.4) is 0 Å². The fourth-order valence-corrected chi connectivity index (χ4v) is 2.00. The number of nitrogens with zero attached hydrogens (tertiary/aromatic N) is 2. The lowest BCUT2D eigenvalue weighted by molar-refractivity contribution is 0.0691. The number of nitrogens with one attached hydrogen (secondary N) is 2. The highest BCUT2D eigenvalue weighted by molar-refractivity contribution is 5.47. The maximum absolute atomic E-state index is 5.43. The van der Waals surface area contributed by atoms with Gasteiger partial charge < -0.3 is 20.1 Å². The maximum atomic E-state index is 5.43. The predicted molar refractivity (Wildman–Crippen MR) is 84.0 cm³/mol. The van der Waals surface area contributed by atoms with Crippen LogP contribution < -0.4 is 10.6 Å². The number of ether oxygens (including phenoxy) is 2. The van der Waals surface area contributed by atoms with Crippen molar-refractivity contribution in [2.45, 2.75) is 31.6 Å². The van der Waals surface area contributed by atoms with E-state index >= 15 is 0 Å². The van der Waals surface area contributed by atoms with E-state index in [1.54, 1.807) is 7.11 Å². The maximum Gasteiger partial charge on any atom is 0.136 e. The van der Waals surface area contributed by atoms with Gasteiger partial charge in [-0.3, -0.25) is 0 Å². The van der Waals surface area contributed by atoms with E-state index in [9.17, 15) is 0 Å². The molecular formula is C15H26N4O2. The van der Waals surface area contributed by atoms with Crippen LogP contribution in [-0.4, -0.2) is 50.5 Å². The molecule has 0 aromatic carbocycles. The first-order valence-electron chi connectivity index (χ1n) is 7.70. The molecule has 1 saturated carbocycles. The Morgan fingerprint density at radius 3 is 2.67 bits per heavy atom. The summed E-state index contributed by atoms with van der Waals surface area (Å²) in [6.07, 6.45) is 4.53. The van der Waals surface area contributed by atoms with Crippen molar-refractivity contribution >= 4 is 11.6 Å². The molecule has 1 aliphatic carbocycles. The number of methoxy groups -OCH3 is 1. The molecule has 1 aliphatic rings. The standard InChI is InChI=1S/C15H26N4O2/c1-16-13-11-14(19-15(18-13)12-5-6-12)17-7-3-4-8-21-10-9-20-2/h11-12H,3-10H2,1-2H3,(H2,16,17,18,19). The molecule has 0 spiro atoms. The van der Waals surface area contributed by atoms with Gasteiger partial charge in [0.2, 0.25) is 0 Å². The van der Waals surface area contributed by atoms with Gasteiger partial charge in [0.15, 0.2) is 0 Å². The highest BCUT2D eigenvalue weighted by Gasteiger charge is 2.27. The van der Waals surface area contributed by atoms with Crippen LogP contribution in [0.1, 0.15) is 37.4 Å². The molecule has 6 heteroatoms. The summed E-state index contributed by atoms with van der Waals surface area (Å²) in [6.45, 7) is 3.02. The van der Waals surface area contributed by atoms with Gasteiger partial charge in [0.25, 0.3) is 0 Å². The number of hydrogen-bond donors (Lipinski definition) is 2. The summed E-state index contributed by atoms with van der Waals surface area (Å²) in [6, 6.07) is 1.96. The largest absolute Gasteiger partial charge is 0.382 e. The predicted octanol–water partition coefficient (Wildman–Crippen LogP) is 2.25. The molecule has 2 N–H and O–H groups in total. The monoisotopic (exact) mass is 294 g/mol. The van der Waals surface area contributed by atoms with Gasteiger partial charge in [0, 0.05) is 39.3 Å². The number of rotatable bonds is 11. The molecule has 1 fully saturated rings. The van der Waals surface area contributed by atoms with Crippen molar-refractivity contribution in [2.24, 2.45) is 0 Å². The Hall–Kier alpha value is -1.40. The van der Waals surface area contributed by atoms with Gasteiger partial charge in [-0.1, -0.05) is 0 Å². The quantitative estimate of drug-likeness (QED) is 0.610. The minimum absolute atomic E-state index is 0.563. The minimum Gasteiger partial charge on any atom is -0.382 e. The zero-order valence-electron chi connectivity index (χ0n) is 13.0. The first-order valence-corrected chi connectivity index (χ1v) is 7.70. The molecular weight excluding hydrogens is 268 g/mol. The van der Waals surface area contributed by atoms with Crippen molar-refractivity contribution < 1.29 is 9.47 Å². The third-order valence-corrected chi connectivity index (χ3v) is 3.40. The lowest BCUT2D eigenvalue weighted by Gasteiger charge is -2.09. The van der Waals surface area contributed by atoms with E-state index in [1.165, 1.54) is 12.8 Å². The van der Waals surface area contributed by atoms with E-state index < -0.39 is 0 Å². The number of unbranched alkanes of at least 4 members (excludes halogenated alkanes) is 1. The summed E-state index contributed by atoms with van der Waals surface area (Å²) in [4.78, 5) is 9.10. The molecule has 0 unspecified atom stereocenters. The van der Waals surface area contributed by atoms with Crippen LogP contribution in [0, 0.1) is 0 Å². The third kappa shape index (κ3) is 5.85. The smallest absolute Gasteiger partial charge is 0.136 e. The Labute approximate surface area is 126 Å². The minimum atomic E-state index is 0.563. The van der Waals surface area contributed by atoms with Crippen LogP contribution >= 0.6 is 0 Å². The molecule has 1 aromatic heterocycles. The summed E-state index contributed by atoms with van der Waals surface area (Å²) in [7, 11) is 3.57. The Balaban J connectivity index is 1.66. The van der Waals surface area contributed by atoms with Crippen LogP contribution in [0.15, 0.2) is 6.07 Å². The lowest BCUT2D eigenvalue weighted by atomic mass is 10.3. The number of anilines is 2. The van der Waals surface area contributed by atoms with Crippen molar-refractivity contribution in [3.8, 4) is 0 Å². The molecule has 1 heterocycles. The van der Waals surface area contributed by atoms with E-state index in [1.807, 2.05) is 13.1 Å². The molecule has 0 saturated heterocycles. The topological polar surface area (TPSA) is 68.3 Å². The molecule has 6 nitrogen and oxygen atoms in total. The van der Waals surface area contributed by atoms with Crippen molar-refractivity contribution in [1.29, 1.82) is 0 Å². The zero-order valence-corrected chi connectivity index (χ0v) is 13.0. The highest BCUT2D eigenvalue weighted by atomic mass is 16.5. The first-order chi connectivity index (χ1) is 10.3. The molecule has 1 aromatic rings. The van der Waals surface area contributed by atoms with Gasteiger partial charge in [0.1, 0.15) is 17.5 Å². The summed E-state index contributed by atoms with van der Waals surface area (Å²) in [5, 5.41) is 6.47. The second-order valence-electron chi connectivity index (χ2n) is 5.26. The molecule has 21 heavy (non-hydrogen) atoms. The summed E-state index contributed by atoms with van der Waals surface area (Å²) >= 11 is 0. The SMILES string of the molecule is CNc1cc(NCCCCOCCOC)nc(C2CC2)n1. The third-order valence-electron chi connectivity index (χ3n) is 3.40. The summed E-state index contributed by atoms with van der Waals surface area (Å²) in [5.74, 6) is 3.33. The second-order valence-corrected chi connectivity index (χ2v) is 5.26. The lowest BCUT2D eigenvalue weighted by Crippen LogP contribution is -2.09. The van der Waals surface area contributed by atoms with E-state index in [-0.39, 0.29) is 0 Å². The van der Waals surface area contributed by atoms with E-state index in [4.69, 9.17) is 9.47 Å². The molecule has 0 bridgehead atoms. The highest BCUT2D eigenvalue weighted by Crippen LogP contribution is 2.38. The zero-order chi connectivity index (χ0) is 14.9. The number of aromatic nitrogens is 2. The van der Waals surface area contributed by atoms with E-state index in [0.29, 0.717) is 19.1 Å². The Bertz CT molecular complexity index is 424. The van der Waals surface area contributed by atoms with Gasteiger partial charge in [-0.15, -0.1) is 0 Å². The Morgan fingerprint density at radius 2 is 1.95 bits per heavy atom. The fourth-order valence-electron chi connectivity index (χ4n) is 2.00. The van der Waals surface area contributed by atoms with E-state index in [2.05, 4.69) is 20.6 Å². The summed E-state index contributed by atoms with van der Waals surface area (Å²) in [5.41, 5.74) is 0. The van der Waals surface area contributed by atoms with Crippen LogP contribution in [-0.2, 0) is 9.47 Å². The molecule has 0 aliphatic heterocycles. The van der Waals surface area contributed by atoms with Crippen LogP contribution in [0.5, 0.6) is 0 Å². The van der Waals surface area contributed by atoms with Gasteiger partial charge in [-0.25, -0.2) is 9.97 Å². The molecule has 118 valence electrons. The molecule has 2 rings (SSSR count). The summed E-state index contributed by atoms with van der Waals surface area (Å²) < 4.78 is 10.4. The van der Waals surface area contributed by atoms with E-state index in [0.717, 1.165) is 43.5 Å². The normalized spacial score (nSPS) is 14.2. The van der Waals surface area contributed by atoms with Gasteiger partial charge in [-0.05, 0) is 25.7 Å². The van der Waals surface area contributed by atoms with Crippen LogP contribution in [0.4, 0.5) is 11.6 Å². The molecule has 0 amide bonds. The van der Waals surface area contributed by atoms with Crippen molar-refractivity contribution in [2.75, 3.05) is 51.2 Å². The number of hydrogen-bond acceptors (Lipinski definition) is 6. The van der Waals surface area contributed by atoms with Gasteiger partial charge in [-0.2, -0.15) is 0 Å². The Kier molecular flexibility index (Phi) is 6.69. The first kappa shape index (κ1) is 16.0. The van der Waals surface area contributed by atoms with Crippen molar-refractivity contribution in [3.05, 3.63) is 11.9 Å². The van der Waals surface area contributed by atoms with Gasteiger partial charge in [0.05, 0.1) is 13.2 Å². The molecule has 0 radical (unpaired) electrons. The van der Waals surface area contributed by atoms with Gasteiger partial charge >= 0.3 is 0 Å². The Morgan fingerprint density at radius 1 is 1.14 bits per heavy atom. The van der Waals surface area contributed by atoms with Crippen molar-refractivity contribution in [1.82, 2.24) is 9.97 Å². The molecule has 0 atom stereocenters. The van der Waals surface area contributed by atoms with Crippen LogP contribution in [0.2, 0.25) is 0 Å². The second kappa shape index (κ2) is 8.79. The average Bonchev–Trinajstić information content (AvgIpc) is 3.34. The van der Waals surface area contributed by atoms with Crippen molar-refractivity contribution in [3.63, 3.8) is 0 Å².